The molecule has 3 N–H and O–H groups in total. The lowest BCUT2D eigenvalue weighted by molar-refractivity contribution is -0.109. The number of allylic oxidation sites excluding steroid dienone is 1. The molecule has 2 heterocycles. The molecule has 10 heteroatoms. The SMILES string of the molecule is CN(C)c1cc(C#CC2CCOCC2)ccc1OCC(C=O)NC(=O)/N=C/C(=C\N)Cc1cccc(F)n1. The van der Waals surface area contributed by atoms with Gasteiger partial charge in [-0.3, -0.25) is 0 Å². The van der Waals surface area contributed by atoms with Crippen LogP contribution < -0.4 is 20.7 Å². The van der Waals surface area contributed by atoms with E-state index in [0.717, 1.165) is 37.3 Å². The summed E-state index contributed by atoms with van der Waals surface area (Å²) < 4.78 is 24.5. The Balaban J connectivity index is 1.57. The highest BCUT2D eigenvalue weighted by molar-refractivity contribution is 5.91. The summed E-state index contributed by atoms with van der Waals surface area (Å²) in [6.07, 6.45) is 5.14. The number of hydrogen-bond acceptors (Lipinski definition) is 7. The number of nitrogens with zero attached hydrogens (tertiary/aromatic N) is 3. The Morgan fingerprint density at radius 2 is 2.13 bits per heavy atom. The molecule has 0 saturated carbocycles. The third kappa shape index (κ3) is 9.01. The number of carbonyl (C=O) groups is 2. The standard InChI is InChI=1S/C28H32FN5O4/c1-34(2)25-15-21(7-6-20-10-12-37-13-11-20)8-9-26(25)38-19-24(18-35)33-28(36)31-17-22(16-30)14-23-4-3-5-27(29)32-23/h3-5,8-9,15-18,20,24H,10-14,19,30H2,1-2H3,(H,33,36)/b22-16-,31-17+. The van der Waals surface area contributed by atoms with Crippen molar-refractivity contribution >= 4 is 24.2 Å². The fraction of sp³-hybridized carbons (Fsp3) is 0.357. The number of anilines is 1. The lowest BCUT2D eigenvalue weighted by Gasteiger charge is -2.20. The van der Waals surface area contributed by atoms with E-state index in [4.69, 9.17) is 15.2 Å². The minimum atomic E-state index is -0.933. The number of aldehydes is 1. The predicted molar refractivity (Wildman–Crippen MR) is 144 cm³/mol. The third-order valence-electron chi connectivity index (χ3n) is 5.69. The van der Waals surface area contributed by atoms with Gasteiger partial charge in [0.2, 0.25) is 5.95 Å². The second-order valence-corrected chi connectivity index (χ2v) is 8.86. The first kappa shape index (κ1) is 28.3. The van der Waals surface area contributed by atoms with E-state index in [-0.39, 0.29) is 13.0 Å². The molecule has 38 heavy (non-hydrogen) atoms. The van der Waals surface area contributed by atoms with Gasteiger partial charge in [0.15, 0.2) is 0 Å². The summed E-state index contributed by atoms with van der Waals surface area (Å²) >= 11 is 0. The normalized spacial score (nSPS) is 14.9. The largest absolute Gasteiger partial charge is 0.489 e. The molecule has 1 aliphatic heterocycles. The van der Waals surface area contributed by atoms with E-state index in [0.29, 0.717) is 29.2 Å². The van der Waals surface area contributed by atoms with Gasteiger partial charge in [0.05, 0.1) is 5.69 Å². The lowest BCUT2D eigenvalue weighted by Crippen LogP contribution is -2.39. The molecule has 200 valence electrons. The summed E-state index contributed by atoms with van der Waals surface area (Å²) in [6, 6.07) is 8.30. The van der Waals surface area contributed by atoms with Gasteiger partial charge < -0.3 is 30.2 Å². The summed E-state index contributed by atoms with van der Waals surface area (Å²) in [4.78, 5) is 33.3. The zero-order chi connectivity index (χ0) is 27.3. The van der Waals surface area contributed by atoms with E-state index in [1.807, 2.05) is 31.1 Å². The number of benzene rings is 1. The fourth-order valence-electron chi connectivity index (χ4n) is 3.63. The van der Waals surface area contributed by atoms with Crippen LogP contribution in [0.3, 0.4) is 0 Å². The van der Waals surface area contributed by atoms with Crippen LogP contribution >= 0.6 is 0 Å². The van der Waals surface area contributed by atoms with Gasteiger partial charge in [0, 0.05) is 57.1 Å². The number of carbonyl (C=O) groups excluding carboxylic acids is 2. The Kier molecular flexibility index (Phi) is 10.8. The molecule has 1 atom stereocenters. The molecule has 1 unspecified atom stereocenters. The van der Waals surface area contributed by atoms with Gasteiger partial charge in [0.1, 0.15) is 24.7 Å². The van der Waals surface area contributed by atoms with Gasteiger partial charge in [-0.25, -0.2) is 14.8 Å². The van der Waals surface area contributed by atoms with E-state index in [9.17, 15) is 14.0 Å². The number of aromatic nitrogens is 1. The minimum Gasteiger partial charge on any atom is -0.489 e. The van der Waals surface area contributed by atoms with E-state index in [1.165, 1.54) is 24.5 Å². The molecule has 0 aliphatic carbocycles. The monoisotopic (exact) mass is 521 g/mol. The number of rotatable bonds is 9. The number of urea groups is 1. The molecule has 1 aromatic heterocycles. The minimum absolute atomic E-state index is 0.0918. The van der Waals surface area contributed by atoms with Crippen molar-refractivity contribution in [2.75, 3.05) is 38.8 Å². The van der Waals surface area contributed by atoms with Crippen molar-refractivity contribution in [3.8, 4) is 17.6 Å². The summed E-state index contributed by atoms with van der Waals surface area (Å²) in [5, 5.41) is 2.49. The van der Waals surface area contributed by atoms with Crippen LogP contribution in [0.25, 0.3) is 0 Å². The van der Waals surface area contributed by atoms with Crippen LogP contribution in [-0.2, 0) is 16.0 Å². The lowest BCUT2D eigenvalue weighted by atomic mass is 10.0. The van der Waals surface area contributed by atoms with Crippen LogP contribution in [0.15, 0.2) is 53.2 Å². The summed E-state index contributed by atoms with van der Waals surface area (Å²) in [7, 11) is 3.76. The van der Waals surface area contributed by atoms with E-state index >= 15 is 0 Å². The first-order valence-corrected chi connectivity index (χ1v) is 12.2. The maximum atomic E-state index is 13.3. The van der Waals surface area contributed by atoms with Crippen molar-refractivity contribution in [1.82, 2.24) is 10.3 Å². The average molecular weight is 522 g/mol. The Morgan fingerprint density at radius 1 is 1.34 bits per heavy atom. The predicted octanol–water partition coefficient (Wildman–Crippen LogP) is 2.88. The smallest absolute Gasteiger partial charge is 0.341 e. The molecule has 1 fully saturated rings. The van der Waals surface area contributed by atoms with Crippen LogP contribution in [0.1, 0.15) is 24.1 Å². The Labute approximate surface area is 221 Å². The van der Waals surface area contributed by atoms with E-state index < -0.39 is 18.0 Å². The molecular weight excluding hydrogens is 489 g/mol. The number of aliphatic imine (C=N–C) groups is 1. The number of nitrogens with one attached hydrogen (secondary N) is 1. The zero-order valence-corrected chi connectivity index (χ0v) is 21.5. The Morgan fingerprint density at radius 3 is 2.82 bits per heavy atom. The first-order valence-electron chi connectivity index (χ1n) is 12.2. The van der Waals surface area contributed by atoms with Gasteiger partial charge in [-0.05, 0) is 54.9 Å². The molecule has 0 radical (unpaired) electrons. The second kappa shape index (κ2) is 14.5. The van der Waals surface area contributed by atoms with E-state index in [2.05, 4.69) is 27.1 Å². The van der Waals surface area contributed by atoms with Crippen molar-refractivity contribution in [3.05, 3.63) is 65.4 Å². The zero-order valence-electron chi connectivity index (χ0n) is 21.5. The van der Waals surface area contributed by atoms with Crippen molar-refractivity contribution in [1.29, 1.82) is 0 Å². The molecule has 3 rings (SSSR count). The maximum absolute atomic E-state index is 13.3. The first-order chi connectivity index (χ1) is 18.4. The third-order valence-corrected chi connectivity index (χ3v) is 5.69. The fourth-order valence-corrected chi connectivity index (χ4v) is 3.63. The van der Waals surface area contributed by atoms with Gasteiger partial charge >= 0.3 is 6.03 Å². The number of hydrogen-bond donors (Lipinski definition) is 2. The van der Waals surface area contributed by atoms with E-state index in [1.54, 1.807) is 12.1 Å². The van der Waals surface area contributed by atoms with Crippen molar-refractivity contribution in [2.45, 2.75) is 25.3 Å². The van der Waals surface area contributed by atoms with Gasteiger partial charge in [0.25, 0.3) is 0 Å². The summed E-state index contributed by atoms with van der Waals surface area (Å²) in [5.41, 5.74) is 8.13. The molecule has 1 saturated heterocycles. The Bertz CT molecular complexity index is 1230. The maximum Gasteiger partial charge on any atom is 0.341 e. The van der Waals surface area contributed by atoms with Crippen molar-refractivity contribution < 1.29 is 23.5 Å². The topological polar surface area (TPSA) is 119 Å². The van der Waals surface area contributed by atoms with Gasteiger partial charge in [-0.1, -0.05) is 17.9 Å². The second-order valence-electron chi connectivity index (χ2n) is 8.86. The number of nitrogens with two attached hydrogens (primary N) is 1. The van der Waals surface area contributed by atoms with Crippen LogP contribution in [-0.4, -0.2) is 63.5 Å². The number of amides is 2. The molecule has 0 bridgehead atoms. The van der Waals surface area contributed by atoms with Crippen LogP contribution in [0.2, 0.25) is 0 Å². The quantitative estimate of drug-likeness (QED) is 0.225. The molecule has 2 amide bonds. The highest BCUT2D eigenvalue weighted by Crippen LogP contribution is 2.28. The molecule has 2 aromatic rings. The van der Waals surface area contributed by atoms with Gasteiger partial charge in [-0.2, -0.15) is 4.39 Å². The summed E-state index contributed by atoms with van der Waals surface area (Å²) in [5.74, 6) is 6.81. The molecule has 0 spiro atoms. The molecule has 9 nitrogen and oxygen atoms in total. The van der Waals surface area contributed by atoms with Gasteiger partial charge in [-0.15, -0.1) is 0 Å². The number of halogens is 1. The van der Waals surface area contributed by atoms with Crippen molar-refractivity contribution in [3.63, 3.8) is 0 Å². The highest BCUT2D eigenvalue weighted by Gasteiger charge is 2.15. The number of ether oxygens (including phenoxy) is 2. The average Bonchev–Trinajstić information content (AvgIpc) is 2.92. The van der Waals surface area contributed by atoms with Crippen LogP contribution in [0.4, 0.5) is 14.9 Å². The highest BCUT2D eigenvalue weighted by atomic mass is 19.1. The molecule has 1 aromatic carbocycles. The summed E-state index contributed by atoms with van der Waals surface area (Å²) in [6.45, 7) is 1.39. The molecule has 1 aliphatic rings. The van der Waals surface area contributed by atoms with Crippen LogP contribution in [0, 0.1) is 23.7 Å². The number of pyridine rings is 1. The molecular formula is C28H32FN5O4. The Hall–Kier alpha value is -4.23. The van der Waals surface area contributed by atoms with Crippen LogP contribution in [0.5, 0.6) is 5.75 Å². The van der Waals surface area contributed by atoms with Crippen molar-refractivity contribution in [2.24, 2.45) is 16.6 Å².